The van der Waals surface area contributed by atoms with Gasteiger partial charge >= 0.3 is 0 Å². The standard InChI is InChI=1S/C19H17N5O/c1-2-25-17-9-14(10-21-13-17)8-16-12-23-24-18(5-7-22-19(16)24)15-4-3-6-20-11-15/h3-7,9-13H,2,8H2,1H3. The van der Waals surface area contributed by atoms with E-state index >= 15 is 0 Å². The van der Waals surface area contributed by atoms with Crippen LogP contribution in [0.25, 0.3) is 16.9 Å². The Morgan fingerprint density at radius 2 is 2.00 bits per heavy atom. The molecule has 0 unspecified atom stereocenters. The van der Waals surface area contributed by atoms with E-state index in [0.29, 0.717) is 13.0 Å². The number of ether oxygens (including phenoxy) is 1. The van der Waals surface area contributed by atoms with E-state index in [1.807, 2.05) is 54.3 Å². The summed E-state index contributed by atoms with van der Waals surface area (Å²) < 4.78 is 7.38. The summed E-state index contributed by atoms with van der Waals surface area (Å²) in [5, 5.41) is 4.52. The Morgan fingerprint density at radius 1 is 1.04 bits per heavy atom. The normalized spacial score (nSPS) is 10.9. The molecular formula is C19H17N5O. The lowest BCUT2D eigenvalue weighted by Gasteiger charge is -2.06. The molecule has 0 saturated carbocycles. The number of nitrogens with zero attached hydrogens (tertiary/aromatic N) is 5. The Kier molecular flexibility index (Phi) is 4.08. The SMILES string of the molecule is CCOc1cncc(Cc2cnn3c(-c4cccnc4)ccnc23)c1. The number of fused-ring (bicyclic) bond motifs is 1. The van der Waals surface area contributed by atoms with Gasteiger partial charge in [0.25, 0.3) is 0 Å². The maximum Gasteiger partial charge on any atom is 0.159 e. The highest BCUT2D eigenvalue weighted by atomic mass is 16.5. The van der Waals surface area contributed by atoms with Crippen LogP contribution in [0.5, 0.6) is 5.75 Å². The first-order chi connectivity index (χ1) is 12.3. The molecule has 6 heteroatoms. The van der Waals surface area contributed by atoms with E-state index < -0.39 is 0 Å². The van der Waals surface area contributed by atoms with Gasteiger partial charge in [-0.05, 0) is 36.8 Å². The molecule has 4 aromatic heterocycles. The molecule has 0 spiro atoms. The third-order valence-electron chi connectivity index (χ3n) is 3.91. The lowest BCUT2D eigenvalue weighted by atomic mass is 10.1. The third kappa shape index (κ3) is 3.06. The van der Waals surface area contributed by atoms with Crippen LogP contribution in [-0.4, -0.2) is 31.2 Å². The number of rotatable bonds is 5. The second-order valence-electron chi connectivity index (χ2n) is 5.62. The van der Waals surface area contributed by atoms with Gasteiger partial charge in [0.05, 0.1) is 24.7 Å². The molecule has 0 aliphatic rings. The van der Waals surface area contributed by atoms with Crippen molar-refractivity contribution < 1.29 is 4.74 Å². The van der Waals surface area contributed by atoms with E-state index in [-0.39, 0.29) is 0 Å². The first-order valence-electron chi connectivity index (χ1n) is 8.14. The fourth-order valence-corrected chi connectivity index (χ4v) is 2.82. The highest BCUT2D eigenvalue weighted by molar-refractivity contribution is 5.63. The average Bonchev–Trinajstić information content (AvgIpc) is 3.06. The summed E-state index contributed by atoms with van der Waals surface area (Å²) in [7, 11) is 0. The van der Waals surface area contributed by atoms with Crippen LogP contribution >= 0.6 is 0 Å². The highest BCUT2D eigenvalue weighted by Gasteiger charge is 2.11. The Balaban J connectivity index is 1.71. The van der Waals surface area contributed by atoms with Crippen LogP contribution in [0.15, 0.2) is 61.4 Å². The van der Waals surface area contributed by atoms with Gasteiger partial charge in [-0.25, -0.2) is 9.50 Å². The summed E-state index contributed by atoms with van der Waals surface area (Å²) in [6.07, 6.45) is 11.5. The second kappa shape index (κ2) is 6.68. The van der Waals surface area contributed by atoms with E-state index in [2.05, 4.69) is 20.1 Å². The van der Waals surface area contributed by atoms with Gasteiger partial charge < -0.3 is 4.74 Å². The zero-order valence-corrected chi connectivity index (χ0v) is 13.8. The van der Waals surface area contributed by atoms with Crippen molar-refractivity contribution in [1.29, 1.82) is 0 Å². The Hall–Kier alpha value is -3.28. The molecule has 0 radical (unpaired) electrons. The molecule has 0 atom stereocenters. The Labute approximate surface area is 145 Å². The monoisotopic (exact) mass is 331 g/mol. The first-order valence-corrected chi connectivity index (χ1v) is 8.14. The average molecular weight is 331 g/mol. The van der Waals surface area contributed by atoms with Gasteiger partial charge in [-0.3, -0.25) is 9.97 Å². The van der Waals surface area contributed by atoms with Gasteiger partial charge in [0.1, 0.15) is 5.75 Å². The summed E-state index contributed by atoms with van der Waals surface area (Å²) in [4.78, 5) is 12.9. The van der Waals surface area contributed by atoms with Crippen LogP contribution in [-0.2, 0) is 6.42 Å². The van der Waals surface area contributed by atoms with Crippen molar-refractivity contribution in [2.75, 3.05) is 6.61 Å². The highest BCUT2D eigenvalue weighted by Crippen LogP contribution is 2.22. The predicted molar refractivity (Wildman–Crippen MR) is 94.4 cm³/mol. The topological polar surface area (TPSA) is 65.2 Å². The van der Waals surface area contributed by atoms with Gasteiger partial charge in [0.15, 0.2) is 5.65 Å². The smallest absolute Gasteiger partial charge is 0.159 e. The van der Waals surface area contributed by atoms with Crippen molar-refractivity contribution >= 4 is 5.65 Å². The van der Waals surface area contributed by atoms with Crippen LogP contribution < -0.4 is 4.74 Å². The number of hydrogen-bond acceptors (Lipinski definition) is 5. The van der Waals surface area contributed by atoms with Crippen molar-refractivity contribution in [3.8, 4) is 17.0 Å². The van der Waals surface area contributed by atoms with Gasteiger partial charge in [0, 0.05) is 42.3 Å². The summed E-state index contributed by atoms with van der Waals surface area (Å²) >= 11 is 0. The van der Waals surface area contributed by atoms with Gasteiger partial charge in [-0.1, -0.05) is 0 Å². The van der Waals surface area contributed by atoms with Gasteiger partial charge in [-0.15, -0.1) is 0 Å². The van der Waals surface area contributed by atoms with E-state index in [0.717, 1.165) is 33.8 Å². The minimum absolute atomic E-state index is 0.623. The fourth-order valence-electron chi connectivity index (χ4n) is 2.82. The quantitative estimate of drug-likeness (QED) is 0.562. The van der Waals surface area contributed by atoms with Crippen LogP contribution in [0, 0.1) is 0 Å². The molecule has 0 saturated heterocycles. The van der Waals surface area contributed by atoms with E-state index in [4.69, 9.17) is 4.74 Å². The minimum Gasteiger partial charge on any atom is -0.492 e. The molecule has 4 heterocycles. The molecule has 0 bridgehead atoms. The van der Waals surface area contributed by atoms with Gasteiger partial charge in [-0.2, -0.15) is 5.10 Å². The number of hydrogen-bond donors (Lipinski definition) is 0. The zero-order chi connectivity index (χ0) is 17.1. The van der Waals surface area contributed by atoms with Crippen LogP contribution in [0.4, 0.5) is 0 Å². The molecule has 6 nitrogen and oxygen atoms in total. The lowest BCUT2D eigenvalue weighted by Crippen LogP contribution is -1.98. The molecule has 4 aromatic rings. The maximum absolute atomic E-state index is 5.52. The van der Waals surface area contributed by atoms with Crippen molar-refractivity contribution in [1.82, 2.24) is 24.6 Å². The van der Waals surface area contributed by atoms with Crippen molar-refractivity contribution in [2.45, 2.75) is 13.3 Å². The minimum atomic E-state index is 0.623. The molecular weight excluding hydrogens is 314 g/mol. The third-order valence-corrected chi connectivity index (χ3v) is 3.91. The molecule has 0 aliphatic heterocycles. The molecule has 25 heavy (non-hydrogen) atoms. The van der Waals surface area contributed by atoms with Crippen LogP contribution in [0.3, 0.4) is 0 Å². The Bertz CT molecular complexity index is 997. The molecule has 0 aromatic carbocycles. The Morgan fingerprint density at radius 3 is 2.84 bits per heavy atom. The maximum atomic E-state index is 5.52. The molecule has 124 valence electrons. The largest absolute Gasteiger partial charge is 0.492 e. The van der Waals surface area contributed by atoms with Gasteiger partial charge in [0.2, 0.25) is 0 Å². The molecule has 0 N–H and O–H groups in total. The summed E-state index contributed by atoms with van der Waals surface area (Å²) in [6, 6.07) is 7.87. The first kappa shape index (κ1) is 15.3. The van der Waals surface area contributed by atoms with Crippen LogP contribution in [0.1, 0.15) is 18.1 Å². The molecule has 4 rings (SSSR count). The molecule has 0 amide bonds. The predicted octanol–water partition coefficient (Wildman–Crippen LogP) is 3.18. The van der Waals surface area contributed by atoms with E-state index in [9.17, 15) is 0 Å². The number of aromatic nitrogens is 5. The zero-order valence-electron chi connectivity index (χ0n) is 13.8. The van der Waals surface area contributed by atoms with Crippen molar-refractivity contribution in [3.63, 3.8) is 0 Å². The lowest BCUT2D eigenvalue weighted by molar-refractivity contribution is 0.338. The van der Waals surface area contributed by atoms with E-state index in [1.165, 1.54) is 0 Å². The summed E-state index contributed by atoms with van der Waals surface area (Å²) in [5.74, 6) is 0.778. The van der Waals surface area contributed by atoms with E-state index in [1.54, 1.807) is 18.6 Å². The summed E-state index contributed by atoms with van der Waals surface area (Å²) in [5.41, 5.74) is 4.91. The molecule has 0 aliphatic carbocycles. The second-order valence-corrected chi connectivity index (χ2v) is 5.62. The fraction of sp³-hybridized carbons (Fsp3) is 0.158. The molecule has 0 fully saturated rings. The van der Waals surface area contributed by atoms with Crippen molar-refractivity contribution in [3.05, 3.63) is 72.6 Å². The van der Waals surface area contributed by atoms with Crippen molar-refractivity contribution in [2.24, 2.45) is 0 Å². The van der Waals surface area contributed by atoms with Crippen LogP contribution in [0.2, 0.25) is 0 Å². The summed E-state index contributed by atoms with van der Waals surface area (Å²) in [6.45, 7) is 2.58. The number of pyridine rings is 2.